The zero-order valence-corrected chi connectivity index (χ0v) is 10.1. The van der Waals surface area contributed by atoms with Crippen LogP contribution in [0.5, 0.6) is 0 Å². The Morgan fingerprint density at radius 2 is 1.62 bits per heavy atom. The highest BCUT2D eigenvalue weighted by Gasteiger charge is 2.24. The maximum absolute atomic E-state index is 10.5. The second-order valence-electron chi connectivity index (χ2n) is 3.89. The summed E-state index contributed by atoms with van der Waals surface area (Å²) in [6.07, 6.45) is 0.796. The Hall–Kier alpha value is -0.940. The fraction of sp³-hybridized carbons (Fsp3) is 0.818. The van der Waals surface area contributed by atoms with Gasteiger partial charge >= 0.3 is 0 Å². The first kappa shape index (κ1) is 13.1. The quantitative estimate of drug-likeness (QED) is 0.597. The molecule has 16 heavy (non-hydrogen) atoms. The summed E-state index contributed by atoms with van der Waals surface area (Å²) in [6.45, 7) is 7.45. The summed E-state index contributed by atoms with van der Waals surface area (Å²) < 4.78 is 5.16. The molecule has 0 aliphatic carbocycles. The number of amides is 2. The Bertz CT molecular complexity index is 234. The summed E-state index contributed by atoms with van der Waals surface area (Å²) >= 11 is 0. The van der Waals surface area contributed by atoms with Crippen molar-refractivity contribution in [2.24, 2.45) is 0 Å². The average Bonchev–Trinajstić information content (AvgIpc) is 2.62. The third-order valence-electron chi connectivity index (χ3n) is 2.85. The number of rotatable bonds is 1. The molecule has 0 spiro atoms. The van der Waals surface area contributed by atoms with E-state index in [4.69, 9.17) is 4.74 Å². The number of carbonyl (C=O) groups is 2. The lowest BCUT2D eigenvalue weighted by molar-refractivity contribution is -0.136. The fourth-order valence-corrected chi connectivity index (χ4v) is 1.61. The predicted octanol–water partition coefficient (Wildman–Crippen LogP) is 0.104. The van der Waals surface area contributed by atoms with E-state index < -0.39 is 0 Å². The number of hydrogen-bond donors (Lipinski definition) is 0. The van der Waals surface area contributed by atoms with E-state index in [0.29, 0.717) is 12.8 Å². The molecular formula is C11H20N2O3. The second kappa shape index (κ2) is 6.60. The van der Waals surface area contributed by atoms with E-state index in [0.717, 1.165) is 26.3 Å². The van der Waals surface area contributed by atoms with Crippen LogP contribution in [0.25, 0.3) is 0 Å². The number of likely N-dealkylation sites (tertiary alicyclic amines) is 1. The molecule has 0 unspecified atom stereocenters. The Morgan fingerprint density at radius 3 is 1.88 bits per heavy atom. The molecule has 0 aromatic carbocycles. The summed E-state index contributed by atoms with van der Waals surface area (Å²) in [5.41, 5.74) is 0. The van der Waals surface area contributed by atoms with Crippen molar-refractivity contribution < 1.29 is 14.3 Å². The number of ether oxygens (including phenoxy) is 1. The minimum Gasteiger partial charge on any atom is -0.379 e. The van der Waals surface area contributed by atoms with Gasteiger partial charge in [0.05, 0.1) is 13.2 Å². The summed E-state index contributed by atoms with van der Waals surface area (Å²) in [5.74, 6) is -0.120. The van der Waals surface area contributed by atoms with E-state index in [9.17, 15) is 9.59 Å². The molecule has 0 aromatic rings. The summed E-state index contributed by atoms with van der Waals surface area (Å²) in [4.78, 5) is 24.5. The Labute approximate surface area is 96.3 Å². The van der Waals surface area contributed by atoms with Crippen molar-refractivity contribution in [2.75, 3.05) is 39.9 Å². The van der Waals surface area contributed by atoms with Crippen LogP contribution in [0.3, 0.4) is 0 Å². The van der Waals surface area contributed by atoms with Gasteiger partial charge in [-0.15, -0.1) is 0 Å². The van der Waals surface area contributed by atoms with Crippen molar-refractivity contribution in [3.63, 3.8) is 0 Å². The van der Waals surface area contributed by atoms with E-state index in [1.807, 2.05) is 0 Å². The van der Waals surface area contributed by atoms with E-state index in [-0.39, 0.29) is 11.8 Å². The highest BCUT2D eigenvalue weighted by atomic mass is 16.5. The highest BCUT2D eigenvalue weighted by molar-refractivity contribution is 6.01. The minimum absolute atomic E-state index is 0.0602. The summed E-state index contributed by atoms with van der Waals surface area (Å²) in [6, 6.07) is 0. The van der Waals surface area contributed by atoms with Crippen molar-refractivity contribution in [3.05, 3.63) is 0 Å². The highest BCUT2D eigenvalue weighted by Crippen LogP contribution is 2.07. The molecule has 0 saturated carbocycles. The van der Waals surface area contributed by atoms with Gasteiger partial charge in [-0.3, -0.25) is 19.4 Å². The van der Waals surface area contributed by atoms with Gasteiger partial charge in [-0.05, 0) is 6.54 Å². The lowest BCUT2D eigenvalue weighted by Gasteiger charge is -2.24. The molecule has 2 aliphatic heterocycles. The molecule has 2 saturated heterocycles. The third kappa shape index (κ3) is 3.90. The number of carbonyl (C=O) groups excluding carboxylic acids is 2. The first-order valence-corrected chi connectivity index (χ1v) is 5.74. The third-order valence-corrected chi connectivity index (χ3v) is 2.85. The molecule has 5 heteroatoms. The lowest BCUT2D eigenvalue weighted by atomic mass is 10.4. The van der Waals surface area contributed by atoms with E-state index in [1.165, 1.54) is 18.5 Å². The van der Waals surface area contributed by atoms with Gasteiger partial charge in [0.2, 0.25) is 11.8 Å². The summed E-state index contributed by atoms with van der Waals surface area (Å²) in [5, 5.41) is 0. The van der Waals surface area contributed by atoms with Crippen LogP contribution in [0.4, 0.5) is 0 Å². The lowest BCUT2D eigenvalue weighted by Crippen LogP contribution is -2.35. The molecule has 0 radical (unpaired) electrons. The number of morpholine rings is 1. The van der Waals surface area contributed by atoms with Crippen LogP contribution in [0, 0.1) is 0 Å². The standard InChI is InChI=1S/C6H13NO.C5H7NO2/c1-2-7-3-5-8-6-4-7;1-6-4(7)2-3-5(6)8/h2-6H2,1H3;2-3H2,1H3. The zero-order chi connectivity index (χ0) is 12.0. The number of imide groups is 1. The second-order valence-corrected chi connectivity index (χ2v) is 3.89. The SMILES string of the molecule is CCN1CCOCC1.CN1C(=O)CCC1=O. The van der Waals surface area contributed by atoms with Crippen LogP contribution in [-0.2, 0) is 14.3 Å². The van der Waals surface area contributed by atoms with Gasteiger partial charge in [0, 0.05) is 33.0 Å². The Balaban J connectivity index is 0.000000160. The van der Waals surface area contributed by atoms with Crippen LogP contribution in [-0.4, -0.2) is 61.5 Å². The molecule has 0 aromatic heterocycles. The number of hydrogen-bond acceptors (Lipinski definition) is 4. The maximum Gasteiger partial charge on any atom is 0.229 e. The number of nitrogens with zero attached hydrogens (tertiary/aromatic N) is 2. The van der Waals surface area contributed by atoms with Crippen molar-refractivity contribution in [3.8, 4) is 0 Å². The van der Waals surface area contributed by atoms with Crippen molar-refractivity contribution >= 4 is 11.8 Å². The molecule has 0 N–H and O–H groups in total. The minimum atomic E-state index is -0.0602. The Morgan fingerprint density at radius 1 is 1.12 bits per heavy atom. The molecular weight excluding hydrogens is 208 g/mol. The maximum atomic E-state index is 10.5. The average molecular weight is 228 g/mol. The van der Waals surface area contributed by atoms with Crippen LogP contribution in [0.15, 0.2) is 0 Å². The normalized spacial score (nSPS) is 22.0. The first-order chi connectivity index (χ1) is 7.65. The summed E-state index contributed by atoms with van der Waals surface area (Å²) in [7, 11) is 1.51. The zero-order valence-electron chi connectivity index (χ0n) is 10.1. The van der Waals surface area contributed by atoms with Gasteiger partial charge in [-0.25, -0.2) is 0 Å². The van der Waals surface area contributed by atoms with E-state index in [2.05, 4.69) is 11.8 Å². The van der Waals surface area contributed by atoms with Gasteiger partial charge < -0.3 is 4.74 Å². The van der Waals surface area contributed by atoms with Crippen LogP contribution in [0.2, 0.25) is 0 Å². The molecule has 2 heterocycles. The van der Waals surface area contributed by atoms with E-state index in [1.54, 1.807) is 0 Å². The van der Waals surface area contributed by atoms with Gasteiger partial charge in [0.1, 0.15) is 0 Å². The molecule has 2 aliphatic rings. The smallest absolute Gasteiger partial charge is 0.229 e. The van der Waals surface area contributed by atoms with E-state index >= 15 is 0 Å². The van der Waals surface area contributed by atoms with Gasteiger partial charge in [0.15, 0.2) is 0 Å². The molecule has 2 amide bonds. The molecule has 2 fully saturated rings. The fourth-order valence-electron chi connectivity index (χ4n) is 1.61. The van der Waals surface area contributed by atoms with Crippen molar-refractivity contribution in [1.29, 1.82) is 0 Å². The molecule has 2 rings (SSSR count). The van der Waals surface area contributed by atoms with Crippen LogP contribution >= 0.6 is 0 Å². The van der Waals surface area contributed by atoms with Gasteiger partial charge in [0.25, 0.3) is 0 Å². The van der Waals surface area contributed by atoms with Gasteiger partial charge in [-0.2, -0.15) is 0 Å². The Kier molecular flexibility index (Phi) is 5.42. The molecule has 5 nitrogen and oxygen atoms in total. The van der Waals surface area contributed by atoms with Crippen molar-refractivity contribution in [1.82, 2.24) is 9.80 Å². The topological polar surface area (TPSA) is 49.9 Å². The molecule has 0 bridgehead atoms. The predicted molar refractivity (Wildman–Crippen MR) is 59.9 cm³/mol. The first-order valence-electron chi connectivity index (χ1n) is 5.74. The number of likely N-dealkylation sites (N-methyl/N-ethyl adjacent to an activating group) is 1. The molecule has 0 atom stereocenters. The van der Waals surface area contributed by atoms with Gasteiger partial charge in [-0.1, -0.05) is 6.92 Å². The monoisotopic (exact) mass is 228 g/mol. The van der Waals surface area contributed by atoms with Crippen LogP contribution in [0.1, 0.15) is 19.8 Å². The van der Waals surface area contributed by atoms with Crippen LogP contribution < -0.4 is 0 Å². The molecule has 92 valence electrons. The largest absolute Gasteiger partial charge is 0.379 e. The van der Waals surface area contributed by atoms with Crippen molar-refractivity contribution in [2.45, 2.75) is 19.8 Å².